The normalized spacial score (nSPS) is 16.5. The van der Waals surface area contributed by atoms with E-state index < -0.39 is 39.3 Å². The molecule has 13 N–H and O–H groups in total. The number of hydrogen-bond acceptors (Lipinski definition) is 30. The molecule has 0 bridgehead atoms. The van der Waals surface area contributed by atoms with E-state index in [1.54, 1.807) is 87.1 Å². The molecule has 0 spiro atoms. The molecule has 0 aliphatic carbocycles. The summed E-state index contributed by atoms with van der Waals surface area (Å²) in [5.41, 5.74) is 61.3. The number of pyridine rings is 6. The highest BCUT2D eigenvalue weighted by atomic mass is 32.2. The molecular weight excluding hydrogens is 1700 g/mol. The average Bonchev–Trinajstić information content (AvgIpc) is 1.59. The van der Waals surface area contributed by atoms with Crippen molar-refractivity contribution in [2.75, 3.05) is 83.1 Å². The Hall–Kier alpha value is -12.8. The van der Waals surface area contributed by atoms with Crippen molar-refractivity contribution in [1.29, 1.82) is 0 Å². The van der Waals surface area contributed by atoms with E-state index in [0.717, 1.165) is 145 Å². The number of rotatable bonds is 16. The van der Waals surface area contributed by atoms with Gasteiger partial charge >= 0.3 is 0 Å². The van der Waals surface area contributed by atoms with Crippen LogP contribution in [-0.2, 0) is 70.3 Å². The molecule has 16 aromatic rings. The van der Waals surface area contributed by atoms with E-state index in [4.69, 9.17) is 59.1 Å². The van der Waals surface area contributed by atoms with Gasteiger partial charge < -0.3 is 44.5 Å². The van der Waals surface area contributed by atoms with Crippen LogP contribution in [0.25, 0.3) is 111 Å². The first-order chi connectivity index (χ1) is 61.6. The second kappa shape index (κ2) is 36.1. The number of methoxy groups -OCH3 is 1. The average molecular weight is 1800 g/mol. The van der Waals surface area contributed by atoms with Gasteiger partial charge in [0.05, 0.1) is 123 Å². The van der Waals surface area contributed by atoms with Gasteiger partial charge in [0.15, 0.2) is 22.6 Å². The molecule has 4 aliphatic rings. The van der Waals surface area contributed by atoms with Crippen LogP contribution in [0, 0.1) is 13.8 Å². The summed E-state index contributed by atoms with van der Waals surface area (Å²) in [5.74, 6) is 3.24. The van der Waals surface area contributed by atoms with Crippen molar-refractivity contribution in [3.05, 3.63) is 228 Å². The van der Waals surface area contributed by atoms with Crippen molar-refractivity contribution in [3.63, 3.8) is 0 Å². The van der Waals surface area contributed by atoms with Gasteiger partial charge in [-0.2, -0.15) is 38.5 Å². The highest BCUT2D eigenvalue weighted by Gasteiger charge is 2.35. The summed E-state index contributed by atoms with van der Waals surface area (Å²) < 4.78 is 107. The Morgan fingerprint density at radius 2 is 0.695 bits per heavy atom. The van der Waals surface area contributed by atoms with Gasteiger partial charge in [0.1, 0.15) is 62.6 Å². The Morgan fingerprint density at radius 3 is 1.01 bits per heavy atom. The monoisotopic (exact) mass is 1800 g/mol. The number of sulfone groups is 4. The quantitative estimate of drug-likeness (QED) is 0.0472. The molecule has 4 aliphatic heterocycles. The summed E-state index contributed by atoms with van der Waals surface area (Å²) in [5, 5.41) is 23.1. The maximum absolute atomic E-state index is 12.0. The number of ether oxygens (including phenoxy) is 1. The van der Waals surface area contributed by atoms with Crippen molar-refractivity contribution >= 4 is 107 Å². The molecule has 20 rings (SSSR count). The van der Waals surface area contributed by atoms with Crippen molar-refractivity contribution in [3.8, 4) is 67.0 Å². The largest absolute Gasteiger partial charge is 0.383 e. The second-order valence-electron chi connectivity index (χ2n) is 32.9. The standard InChI is InChI=1S/C23H25N7O2S.C23H25N5O3S.C22H23N7O2S.C22H24N6O2S/c1-25-13-19-21(15-6-9-33(31,32)10-7-15)29-23-18(14-28-30(23)22(19)24)16-4-5-20(27-12-16)17-3-2-8-26-11-17;1-14-3-4-20-16(9-14)10-17(11-25-20)18-12-26-28-22(24)19(13-31-2)21(27-23(18)28)15-5-7-32(29,30)8-6-15;23-10-17-20(14-5-8-32(30,31)9-6-14)28-22-18(13-27-29(22)21(17)24)15-3-4-19(26-12-15)16-2-1-7-25-11-16;1-13-2-3-19-15(8-13)9-16(11-25-19)18-12-26-28-21(24)17(10-23)20(27-22(18)28)14-4-6-31(29,30)7-5-14/h2-5,8,11-12,14-15,25H,6-7,9-10,13,24H2,1H3;3-4,9-12,15H,5-8,13,24H2,1-2H3;1-4,7,11-14H,5-6,8-10,23-24H2;2-3,8-9,11-12,14H,4-7,10,23-24H2,1H3. The fourth-order valence-corrected chi connectivity index (χ4v) is 23.4. The molecule has 34 nitrogen and oxygen atoms in total. The fraction of sp³-hybridized carbons (Fsp3) is 0.311. The number of fused-ring (bicyclic) bond motifs is 6. The predicted octanol–water partition coefficient (Wildman–Crippen LogP) is 10.5. The lowest BCUT2D eigenvalue weighted by Gasteiger charge is -2.24. The SMILES string of the molecule is CNCc1c(C2CCS(=O)(=O)CC2)nc2c(-c3ccc(-c4cccnc4)nc3)cnn2c1N.COCc1c(C2CCS(=O)(=O)CC2)nc2c(-c3cnc4ccc(C)cc4c3)cnn2c1N.Cc1ccc2ncc(-c3cnn4c(N)c(CN)c(C5CCS(=O)(=O)CC5)nc34)cc2c1.NCc1c(C2CCS(=O)(=O)CC2)nc2c(-c3ccc(-c4cccnc4)nc3)cnn2c1N. The molecule has 0 unspecified atom stereocenters. The third-order valence-corrected chi connectivity index (χ3v) is 31.3. The summed E-state index contributed by atoms with van der Waals surface area (Å²) in [4.78, 5) is 46.4. The summed E-state index contributed by atoms with van der Waals surface area (Å²) in [7, 11) is -8.46. The number of anilines is 4. The first kappa shape index (κ1) is 87.3. The minimum absolute atomic E-state index is 0.00166. The number of nitrogens with two attached hydrogens (primary N) is 6. The highest BCUT2D eigenvalue weighted by molar-refractivity contribution is 7.92. The van der Waals surface area contributed by atoms with Gasteiger partial charge in [-0.15, -0.1) is 0 Å². The molecule has 38 heteroatoms. The highest BCUT2D eigenvalue weighted by Crippen LogP contribution is 2.42. The minimum atomic E-state index is -2.98. The van der Waals surface area contributed by atoms with Crippen molar-refractivity contribution in [2.24, 2.45) is 11.5 Å². The Labute approximate surface area is 738 Å². The van der Waals surface area contributed by atoms with Gasteiger partial charge in [-0.3, -0.25) is 29.9 Å². The maximum Gasteiger partial charge on any atom is 0.165 e. The van der Waals surface area contributed by atoms with Crippen LogP contribution in [0.1, 0.15) is 131 Å². The van der Waals surface area contributed by atoms with Crippen LogP contribution in [0.15, 0.2) is 171 Å². The van der Waals surface area contributed by atoms with Gasteiger partial charge in [-0.1, -0.05) is 35.4 Å². The molecule has 0 amide bonds. The first-order valence-electron chi connectivity index (χ1n) is 42.1. The molecule has 660 valence electrons. The fourth-order valence-electron chi connectivity index (χ4n) is 17.4. The van der Waals surface area contributed by atoms with Crippen LogP contribution >= 0.6 is 0 Å². The van der Waals surface area contributed by atoms with Crippen molar-refractivity contribution in [2.45, 2.75) is 115 Å². The number of nitrogens with zero attached hydrogens (tertiary/aromatic N) is 18. The minimum Gasteiger partial charge on any atom is -0.383 e. The topological polar surface area (TPSA) is 512 Å². The molecule has 0 atom stereocenters. The number of benzene rings is 2. The number of nitrogens with one attached hydrogen (secondary N) is 1. The third kappa shape index (κ3) is 18.0. The molecule has 0 saturated carbocycles. The second-order valence-corrected chi connectivity index (χ2v) is 42.1. The number of hydrogen-bond donors (Lipinski definition) is 7. The van der Waals surface area contributed by atoms with E-state index in [1.807, 2.05) is 92.2 Å². The summed E-state index contributed by atoms with van der Waals surface area (Å²) in [6, 6.07) is 31.9. The first-order valence-corrected chi connectivity index (χ1v) is 49.4. The van der Waals surface area contributed by atoms with Gasteiger partial charge in [-0.25, -0.2) is 53.6 Å². The number of aryl methyl sites for hydroxylation is 2. The van der Waals surface area contributed by atoms with Crippen LogP contribution in [0.2, 0.25) is 0 Å². The molecule has 14 aromatic heterocycles. The lowest BCUT2D eigenvalue weighted by atomic mass is 9.94. The van der Waals surface area contributed by atoms with E-state index in [9.17, 15) is 33.7 Å². The zero-order valence-electron chi connectivity index (χ0n) is 70.9. The van der Waals surface area contributed by atoms with Crippen molar-refractivity contribution < 1.29 is 38.4 Å². The molecule has 2 aromatic carbocycles. The molecule has 4 fully saturated rings. The lowest BCUT2D eigenvalue weighted by molar-refractivity contribution is 0.183. The zero-order valence-corrected chi connectivity index (χ0v) is 74.2. The molecular formula is C90H97N25O9S4. The van der Waals surface area contributed by atoms with Crippen LogP contribution in [0.4, 0.5) is 23.3 Å². The molecule has 0 radical (unpaired) electrons. The third-order valence-electron chi connectivity index (χ3n) is 24.4. The van der Waals surface area contributed by atoms with Crippen LogP contribution in [0.5, 0.6) is 0 Å². The van der Waals surface area contributed by atoms with Gasteiger partial charge in [-0.05, 0) is 145 Å². The van der Waals surface area contributed by atoms with Gasteiger partial charge in [0.2, 0.25) is 0 Å². The van der Waals surface area contributed by atoms with Crippen LogP contribution < -0.4 is 39.7 Å². The van der Waals surface area contributed by atoms with Crippen LogP contribution in [0.3, 0.4) is 0 Å². The van der Waals surface area contributed by atoms with Crippen LogP contribution in [-0.4, -0.2) is 182 Å². The van der Waals surface area contributed by atoms with Gasteiger partial charge in [0.25, 0.3) is 0 Å². The smallest absolute Gasteiger partial charge is 0.165 e. The van der Waals surface area contributed by atoms with E-state index in [1.165, 1.54) is 0 Å². The summed E-state index contributed by atoms with van der Waals surface area (Å²) >= 11 is 0. The predicted molar refractivity (Wildman–Crippen MR) is 495 cm³/mol. The summed E-state index contributed by atoms with van der Waals surface area (Å²) in [6.07, 6.45) is 25.4. The number of nitrogen functional groups attached to an aromatic ring is 4. The Kier molecular flexibility index (Phi) is 24.6. The van der Waals surface area contributed by atoms with E-state index in [0.29, 0.717) is 110 Å². The summed E-state index contributed by atoms with van der Waals surface area (Å²) in [6.45, 7) is 5.36. The van der Waals surface area contributed by atoms with E-state index in [2.05, 4.69) is 93.7 Å². The Balaban J connectivity index is 0.000000120. The maximum atomic E-state index is 12.0. The Morgan fingerprint density at radius 1 is 0.375 bits per heavy atom. The van der Waals surface area contributed by atoms with Gasteiger partial charge in [0, 0.05) is 189 Å². The Bertz CT molecular complexity index is 7350. The van der Waals surface area contributed by atoms with Crippen molar-refractivity contribution in [1.82, 2.24) is 93.6 Å². The molecule has 128 heavy (non-hydrogen) atoms. The number of aromatic nitrogens is 18. The van der Waals surface area contributed by atoms with E-state index >= 15 is 0 Å². The zero-order chi connectivity index (χ0) is 89.5. The lowest BCUT2D eigenvalue weighted by Crippen LogP contribution is -2.25. The van der Waals surface area contributed by atoms with E-state index in [-0.39, 0.29) is 82.8 Å². The molecule has 18 heterocycles. The molecule has 4 saturated heterocycles.